The van der Waals surface area contributed by atoms with Gasteiger partial charge in [0.2, 0.25) is 0 Å². The highest BCUT2D eigenvalue weighted by atomic mass is 16.3. The number of nitrogens with zero attached hydrogens (tertiary/aromatic N) is 2. The monoisotopic (exact) mass is 425 g/mol. The number of anilines is 1. The lowest BCUT2D eigenvalue weighted by atomic mass is 9.84. The second kappa shape index (κ2) is 8.38. The van der Waals surface area contributed by atoms with Gasteiger partial charge in [0.15, 0.2) is 0 Å². The minimum Gasteiger partial charge on any atom is -0.506 e. The Morgan fingerprint density at radius 2 is 1.88 bits per heavy atom. The number of carbonyl (C=O) groups excluding carboxylic acids is 2. The molecule has 0 aromatic heterocycles. The quantitative estimate of drug-likeness (QED) is 0.572. The number of hydrogen-bond acceptors (Lipinski definition) is 4. The Hall–Kier alpha value is -3.80. The van der Waals surface area contributed by atoms with E-state index < -0.39 is 0 Å². The molecule has 0 fully saturated rings. The normalized spacial score (nSPS) is 18.0. The topological polar surface area (TPSA) is 91.1 Å². The Balaban J connectivity index is 1.35. The molecular formula is C26H23N3O3. The summed E-state index contributed by atoms with van der Waals surface area (Å²) in [6, 6.07) is 18.3. The van der Waals surface area contributed by atoms with Crippen molar-refractivity contribution in [2.24, 2.45) is 10.2 Å². The van der Waals surface area contributed by atoms with Gasteiger partial charge in [-0.15, -0.1) is 5.11 Å². The fourth-order valence-electron chi connectivity index (χ4n) is 4.59. The first kappa shape index (κ1) is 20.1. The highest BCUT2D eigenvalue weighted by molar-refractivity contribution is 6.09. The van der Waals surface area contributed by atoms with E-state index in [1.54, 1.807) is 12.1 Å². The lowest BCUT2D eigenvalue weighted by Crippen LogP contribution is -2.23. The van der Waals surface area contributed by atoms with Crippen molar-refractivity contribution in [1.29, 1.82) is 0 Å². The summed E-state index contributed by atoms with van der Waals surface area (Å²) >= 11 is 0. The predicted molar refractivity (Wildman–Crippen MR) is 123 cm³/mol. The van der Waals surface area contributed by atoms with Crippen LogP contribution in [0.2, 0.25) is 0 Å². The number of rotatable bonds is 4. The average Bonchev–Trinajstić information content (AvgIpc) is 2.82. The minimum atomic E-state index is -0.370. The second-order valence-corrected chi connectivity index (χ2v) is 8.29. The molecule has 32 heavy (non-hydrogen) atoms. The number of azo groups is 1. The summed E-state index contributed by atoms with van der Waals surface area (Å²) in [5.41, 5.74) is 3.83. The third-order valence-corrected chi connectivity index (χ3v) is 6.22. The van der Waals surface area contributed by atoms with E-state index in [2.05, 4.69) is 15.5 Å². The van der Waals surface area contributed by atoms with E-state index in [4.69, 9.17) is 0 Å². The number of hydrogen-bond donors (Lipinski definition) is 2. The molecule has 0 saturated carbocycles. The fraction of sp³-hybridized carbons (Fsp3) is 0.231. The van der Waals surface area contributed by atoms with E-state index in [1.165, 1.54) is 0 Å². The van der Waals surface area contributed by atoms with Gasteiger partial charge in [-0.2, -0.15) is 5.11 Å². The van der Waals surface area contributed by atoms with E-state index in [0.717, 1.165) is 47.8 Å². The molecule has 2 aliphatic rings. The molecule has 3 aromatic rings. The highest BCUT2D eigenvalue weighted by Gasteiger charge is 2.29. The van der Waals surface area contributed by atoms with E-state index in [0.29, 0.717) is 17.5 Å². The summed E-state index contributed by atoms with van der Waals surface area (Å²) in [6.07, 6.45) is 4.40. The average molecular weight is 425 g/mol. The molecule has 1 aliphatic heterocycles. The third-order valence-electron chi connectivity index (χ3n) is 6.22. The number of amides is 2. The number of phenols is 1. The van der Waals surface area contributed by atoms with E-state index in [9.17, 15) is 14.7 Å². The first-order chi connectivity index (χ1) is 15.6. The number of benzene rings is 3. The third kappa shape index (κ3) is 3.80. The van der Waals surface area contributed by atoms with E-state index in [-0.39, 0.29) is 29.2 Å². The van der Waals surface area contributed by atoms with Crippen molar-refractivity contribution in [2.75, 3.05) is 5.32 Å². The maximum Gasteiger partial charge on any atom is 0.291 e. The summed E-state index contributed by atoms with van der Waals surface area (Å²) < 4.78 is 0. The Morgan fingerprint density at radius 3 is 2.78 bits per heavy atom. The second-order valence-electron chi connectivity index (χ2n) is 8.29. The van der Waals surface area contributed by atoms with Crippen molar-refractivity contribution in [3.8, 4) is 5.75 Å². The van der Waals surface area contributed by atoms with Crippen molar-refractivity contribution in [2.45, 2.75) is 38.1 Å². The van der Waals surface area contributed by atoms with E-state index in [1.807, 2.05) is 48.5 Å². The van der Waals surface area contributed by atoms with Crippen LogP contribution in [0.1, 0.15) is 41.6 Å². The minimum absolute atomic E-state index is 0.0270. The van der Waals surface area contributed by atoms with Crippen molar-refractivity contribution >= 4 is 28.3 Å². The van der Waals surface area contributed by atoms with Gasteiger partial charge >= 0.3 is 0 Å². The molecule has 6 nitrogen and oxygen atoms in total. The molecule has 0 saturated heterocycles. The fourth-order valence-corrected chi connectivity index (χ4v) is 4.59. The first-order valence-electron chi connectivity index (χ1n) is 10.9. The van der Waals surface area contributed by atoms with Crippen LogP contribution in [0.4, 0.5) is 5.69 Å². The van der Waals surface area contributed by atoms with Gasteiger partial charge in [0, 0.05) is 23.1 Å². The molecule has 1 aliphatic carbocycles. The van der Waals surface area contributed by atoms with Gasteiger partial charge in [0.25, 0.3) is 11.8 Å². The van der Waals surface area contributed by atoms with Gasteiger partial charge in [0.05, 0.1) is 11.6 Å². The number of fused-ring (bicyclic) bond motifs is 1. The van der Waals surface area contributed by atoms with Crippen LogP contribution in [-0.2, 0) is 11.2 Å². The van der Waals surface area contributed by atoms with Crippen LogP contribution in [0.5, 0.6) is 5.75 Å². The Bertz CT molecular complexity index is 1290. The Morgan fingerprint density at radius 1 is 1.03 bits per heavy atom. The molecule has 2 amide bonds. The molecule has 160 valence electrons. The maximum absolute atomic E-state index is 12.9. The number of nitrogens with one attached hydrogen (secondary N) is 1. The Labute approximate surface area is 185 Å². The molecule has 6 heteroatoms. The SMILES string of the molecule is O=C1N=NC(Cc2cccc(NC(=O)c3ccc4ccccc4c3O)c2)C2=C1CCCC2. The van der Waals surface area contributed by atoms with E-state index >= 15 is 0 Å². The largest absolute Gasteiger partial charge is 0.506 e. The zero-order chi connectivity index (χ0) is 22.1. The molecule has 1 heterocycles. The molecule has 1 unspecified atom stereocenters. The van der Waals surface area contributed by atoms with Crippen molar-refractivity contribution in [3.63, 3.8) is 0 Å². The van der Waals surface area contributed by atoms with Crippen LogP contribution in [0.15, 0.2) is 82.0 Å². The zero-order valence-electron chi connectivity index (χ0n) is 17.5. The smallest absolute Gasteiger partial charge is 0.291 e. The summed E-state index contributed by atoms with van der Waals surface area (Å²) in [5, 5.41) is 23.1. The van der Waals surface area contributed by atoms with Gasteiger partial charge < -0.3 is 10.4 Å². The van der Waals surface area contributed by atoms with Crippen LogP contribution in [0, 0.1) is 0 Å². The van der Waals surface area contributed by atoms with Crippen LogP contribution >= 0.6 is 0 Å². The summed E-state index contributed by atoms with van der Waals surface area (Å²) in [6.45, 7) is 0. The Kier molecular flexibility index (Phi) is 5.27. The van der Waals surface area contributed by atoms with Gasteiger partial charge in [0.1, 0.15) is 5.75 Å². The lowest BCUT2D eigenvalue weighted by Gasteiger charge is -2.25. The molecule has 5 rings (SSSR count). The van der Waals surface area contributed by atoms with Crippen LogP contribution in [0.3, 0.4) is 0 Å². The number of aromatic hydroxyl groups is 1. The summed E-state index contributed by atoms with van der Waals surface area (Å²) in [7, 11) is 0. The standard InChI is InChI=1S/C26H23N3O3/c30-24-19-9-2-1-7-17(19)12-13-22(24)25(31)27-18-8-5-6-16(14-18)15-23-20-10-3-4-11-21(20)26(32)29-28-23/h1-2,5-9,12-14,23,30H,3-4,10-11,15H2,(H,27,31). The van der Waals surface area contributed by atoms with Crippen molar-refractivity contribution < 1.29 is 14.7 Å². The van der Waals surface area contributed by atoms with Crippen molar-refractivity contribution in [1.82, 2.24) is 0 Å². The highest BCUT2D eigenvalue weighted by Crippen LogP contribution is 2.34. The van der Waals surface area contributed by atoms with Gasteiger partial charge in [-0.3, -0.25) is 9.59 Å². The number of carbonyl (C=O) groups is 2. The van der Waals surface area contributed by atoms with Crippen LogP contribution in [0.25, 0.3) is 10.8 Å². The molecule has 0 spiro atoms. The first-order valence-corrected chi connectivity index (χ1v) is 10.9. The zero-order valence-corrected chi connectivity index (χ0v) is 17.5. The molecule has 0 radical (unpaired) electrons. The van der Waals surface area contributed by atoms with Gasteiger partial charge in [-0.05, 0) is 60.4 Å². The van der Waals surface area contributed by atoms with Crippen LogP contribution < -0.4 is 5.32 Å². The predicted octanol–water partition coefficient (Wildman–Crippen LogP) is 5.57. The maximum atomic E-state index is 12.9. The van der Waals surface area contributed by atoms with Crippen LogP contribution in [-0.4, -0.2) is 23.0 Å². The van der Waals surface area contributed by atoms with Gasteiger partial charge in [-0.1, -0.05) is 42.5 Å². The molecular weight excluding hydrogens is 402 g/mol. The molecule has 2 N–H and O–H groups in total. The summed E-state index contributed by atoms with van der Waals surface area (Å²) in [5.74, 6) is -0.585. The molecule has 0 bridgehead atoms. The number of phenolic OH excluding ortho intramolecular Hbond substituents is 1. The van der Waals surface area contributed by atoms with Crippen molar-refractivity contribution in [3.05, 3.63) is 82.9 Å². The lowest BCUT2D eigenvalue weighted by molar-refractivity contribution is -0.115. The molecule has 3 aromatic carbocycles. The molecule has 1 atom stereocenters. The van der Waals surface area contributed by atoms with Gasteiger partial charge in [-0.25, -0.2) is 0 Å². The summed E-state index contributed by atoms with van der Waals surface area (Å²) in [4.78, 5) is 24.9.